The van der Waals surface area contributed by atoms with E-state index in [9.17, 15) is 18.4 Å². The third-order valence-corrected chi connectivity index (χ3v) is 7.89. The van der Waals surface area contributed by atoms with Crippen LogP contribution in [0.3, 0.4) is 0 Å². The number of benzene rings is 1. The summed E-state index contributed by atoms with van der Waals surface area (Å²) < 4.78 is 32.1. The lowest BCUT2D eigenvalue weighted by Gasteiger charge is -2.33. The highest BCUT2D eigenvalue weighted by molar-refractivity contribution is 6.06. The van der Waals surface area contributed by atoms with Crippen molar-refractivity contribution in [2.45, 2.75) is 163 Å². The third kappa shape index (κ3) is 26.1. The summed E-state index contributed by atoms with van der Waals surface area (Å²) in [7, 11) is 0. The lowest BCUT2D eigenvalue weighted by Crippen LogP contribution is -2.47. The molecule has 0 saturated carbocycles. The fraction of sp³-hybridized carbons (Fsp3) is 0.592. The topological polar surface area (TPSA) is 97.3 Å². The Morgan fingerprint density at radius 1 is 0.983 bits per heavy atom. The van der Waals surface area contributed by atoms with E-state index < -0.39 is 5.92 Å². The minimum absolute atomic E-state index is 0. The van der Waals surface area contributed by atoms with E-state index in [-0.39, 0.29) is 36.7 Å². The molecule has 332 valence electrons. The van der Waals surface area contributed by atoms with E-state index in [4.69, 9.17) is 15.5 Å². The molecule has 1 fully saturated rings. The van der Waals surface area contributed by atoms with Crippen molar-refractivity contribution in [2.24, 2.45) is 27.1 Å². The van der Waals surface area contributed by atoms with Gasteiger partial charge in [0.25, 0.3) is 5.92 Å². The molecule has 1 aliphatic heterocycles. The van der Waals surface area contributed by atoms with E-state index in [2.05, 4.69) is 53.1 Å². The number of Topliss-reactive ketones (excluding diaryl/α,β-unsaturated/α-hetero) is 1. The van der Waals surface area contributed by atoms with E-state index >= 15 is 0 Å². The molecule has 0 aliphatic carbocycles. The Hall–Kier alpha value is -3.98. The van der Waals surface area contributed by atoms with Crippen molar-refractivity contribution >= 4 is 28.9 Å². The summed E-state index contributed by atoms with van der Waals surface area (Å²) in [6.07, 6.45) is 10.6. The van der Waals surface area contributed by atoms with Crippen molar-refractivity contribution in [1.82, 2.24) is 4.90 Å². The molecule has 0 spiro atoms. The number of aliphatic imine (C=N–C) groups is 2. The number of amidine groups is 1. The number of nitrogens with two attached hydrogens (primary N) is 1. The average Bonchev–Trinajstić information content (AvgIpc) is 3.18. The van der Waals surface area contributed by atoms with Crippen molar-refractivity contribution in [3.05, 3.63) is 89.2 Å². The number of hydrogen-bond acceptors (Lipinski definition) is 5. The van der Waals surface area contributed by atoms with Crippen LogP contribution >= 0.6 is 0 Å². The second-order valence-corrected chi connectivity index (χ2v) is 14.8. The maximum Gasteiger partial charge on any atom is 0.270 e. The van der Waals surface area contributed by atoms with Gasteiger partial charge in [0, 0.05) is 54.1 Å². The van der Waals surface area contributed by atoms with Gasteiger partial charge in [0.2, 0.25) is 5.91 Å². The number of halogens is 2. The van der Waals surface area contributed by atoms with Gasteiger partial charge in [-0.25, -0.2) is 13.8 Å². The number of allylic oxidation sites excluding steroid dienone is 6. The fourth-order valence-corrected chi connectivity index (χ4v) is 4.67. The second kappa shape index (κ2) is 32.9. The largest absolute Gasteiger partial charge is 0.383 e. The van der Waals surface area contributed by atoms with E-state index in [0.717, 1.165) is 42.2 Å². The van der Waals surface area contributed by atoms with Gasteiger partial charge in [-0.05, 0) is 51.4 Å². The van der Waals surface area contributed by atoms with Crippen LogP contribution in [0.5, 0.6) is 0 Å². The first-order chi connectivity index (χ1) is 26.6. The van der Waals surface area contributed by atoms with Crippen LogP contribution in [0.25, 0.3) is 5.70 Å². The Morgan fingerprint density at radius 3 is 1.91 bits per heavy atom. The third-order valence-electron chi connectivity index (χ3n) is 7.89. The summed E-state index contributed by atoms with van der Waals surface area (Å²) in [5.74, 6) is -2.17. The Balaban J connectivity index is -0.000000504. The van der Waals surface area contributed by atoms with E-state index in [1.807, 2.05) is 85.4 Å². The van der Waals surface area contributed by atoms with Gasteiger partial charge < -0.3 is 15.4 Å². The molecule has 2 rings (SSSR count). The molecule has 58 heavy (non-hydrogen) atoms. The quantitative estimate of drug-likeness (QED) is 0.0875. The van der Waals surface area contributed by atoms with Gasteiger partial charge in [0.1, 0.15) is 11.9 Å². The highest BCUT2D eigenvalue weighted by atomic mass is 19.3. The zero-order valence-corrected chi connectivity index (χ0v) is 38.9. The van der Waals surface area contributed by atoms with Crippen LogP contribution in [-0.2, 0) is 9.53 Å². The molecule has 2 unspecified atom stereocenters. The highest BCUT2D eigenvalue weighted by Crippen LogP contribution is 2.29. The SMILES string of the molecule is C.C=C(/C=C(\C=C/CC)C(C)(F)F)CC.CC.CC.CC(C)(C)C.C\C=C/N=C(N)/C(=C(/N=C(C)C1CN(C(=O)CC)CCO1)c1ccc(C(C)=O)cc1)C(C)CC. The van der Waals surface area contributed by atoms with Crippen LogP contribution < -0.4 is 5.73 Å². The molecule has 0 bridgehead atoms. The minimum Gasteiger partial charge on any atom is -0.383 e. The standard InChI is InChI=1S/C27H38N4O3.C12H18F2.C5H12.2C2H6.CH4/c1-7-14-29-27(28)25(18(4)8-2)26(22-12-10-21(11-13-22)20(6)32)30-19(5)23-17-31(15-16-34-23)24(33)9-3;1-5-7-8-11(12(4,13)14)9-10(3)6-2;1-5(2,3)4;2*1-2;/h7,10-14,18,23H,8-9,15-17H2,1-6H3,(H2,28,29);7-9H,3,5-6H2,1-2,4H3;1-4H3;2*1-2H3;1H4/b14-7-,26-25+,30-19?;8-7-,11-9+;;;;. The van der Waals surface area contributed by atoms with Crippen LogP contribution in [0.15, 0.2) is 88.1 Å². The Kier molecular flexibility index (Phi) is 34.4. The van der Waals surface area contributed by atoms with Gasteiger partial charge in [-0.2, -0.15) is 0 Å². The number of ether oxygens (including phenoxy) is 1. The lowest BCUT2D eigenvalue weighted by molar-refractivity contribution is -0.136. The van der Waals surface area contributed by atoms with Gasteiger partial charge in [-0.15, -0.1) is 0 Å². The smallest absolute Gasteiger partial charge is 0.270 e. The molecule has 2 N–H and O–H groups in total. The zero-order chi connectivity index (χ0) is 44.9. The Bertz CT molecular complexity index is 1500. The number of rotatable bonds is 14. The molecule has 1 aromatic rings. The highest BCUT2D eigenvalue weighted by Gasteiger charge is 2.27. The zero-order valence-electron chi connectivity index (χ0n) is 38.9. The summed E-state index contributed by atoms with van der Waals surface area (Å²) in [5, 5.41) is 0. The Morgan fingerprint density at radius 2 is 1.50 bits per heavy atom. The predicted octanol–water partition coefficient (Wildman–Crippen LogP) is 13.9. The number of hydrogen-bond donors (Lipinski definition) is 1. The summed E-state index contributed by atoms with van der Waals surface area (Å²) in [5.41, 5.74) is 11.5. The van der Waals surface area contributed by atoms with Gasteiger partial charge in [0.05, 0.1) is 18.8 Å². The van der Waals surface area contributed by atoms with Crippen molar-refractivity contribution in [2.75, 3.05) is 19.7 Å². The molecule has 1 aliphatic rings. The normalized spacial score (nSPS) is 15.8. The molecule has 9 heteroatoms. The van der Waals surface area contributed by atoms with Crippen LogP contribution in [-0.4, -0.2) is 59.9 Å². The Labute approximate surface area is 354 Å². The summed E-state index contributed by atoms with van der Waals surface area (Å²) >= 11 is 0. The maximum atomic E-state index is 13.0. The molecular formula is C49H84F2N4O3. The first-order valence-corrected chi connectivity index (χ1v) is 20.8. The number of ketones is 1. The van der Waals surface area contributed by atoms with Crippen molar-refractivity contribution in [3.63, 3.8) is 0 Å². The number of alkyl halides is 2. The van der Waals surface area contributed by atoms with Crippen molar-refractivity contribution < 1.29 is 23.1 Å². The molecular weight excluding hydrogens is 731 g/mol. The number of carbonyl (C=O) groups is 2. The number of morpholine rings is 1. The van der Waals surface area contributed by atoms with Crippen LogP contribution in [0.1, 0.15) is 167 Å². The minimum atomic E-state index is -2.79. The molecule has 0 radical (unpaired) electrons. The van der Waals surface area contributed by atoms with Crippen LogP contribution in [0.4, 0.5) is 8.78 Å². The van der Waals surface area contributed by atoms with Crippen molar-refractivity contribution in [1.29, 1.82) is 0 Å². The average molecular weight is 815 g/mol. The number of nitrogens with zero attached hydrogens (tertiary/aromatic N) is 3. The molecule has 2 atom stereocenters. The summed E-state index contributed by atoms with van der Waals surface area (Å²) in [4.78, 5) is 35.3. The van der Waals surface area contributed by atoms with Gasteiger partial charge in [-0.1, -0.05) is 158 Å². The first kappa shape index (κ1) is 60.7. The molecule has 7 nitrogen and oxygen atoms in total. The second-order valence-electron chi connectivity index (χ2n) is 14.8. The van der Waals surface area contributed by atoms with E-state index in [0.29, 0.717) is 55.0 Å². The van der Waals surface area contributed by atoms with Crippen LogP contribution in [0.2, 0.25) is 0 Å². The first-order valence-electron chi connectivity index (χ1n) is 20.8. The van der Waals surface area contributed by atoms with Gasteiger partial charge in [0.15, 0.2) is 5.78 Å². The molecule has 0 aromatic heterocycles. The van der Waals surface area contributed by atoms with Gasteiger partial charge >= 0.3 is 0 Å². The number of amides is 1. The summed E-state index contributed by atoms with van der Waals surface area (Å²) in [6, 6.07) is 7.38. The lowest BCUT2D eigenvalue weighted by atomic mass is 9.92. The van der Waals surface area contributed by atoms with E-state index in [1.165, 1.54) is 12.2 Å². The molecule has 1 amide bonds. The van der Waals surface area contributed by atoms with Crippen LogP contribution in [0, 0.1) is 11.3 Å². The maximum absolute atomic E-state index is 13.0. The molecule has 1 heterocycles. The molecule has 1 saturated heterocycles. The predicted molar refractivity (Wildman–Crippen MR) is 251 cm³/mol. The van der Waals surface area contributed by atoms with E-state index in [1.54, 1.807) is 31.3 Å². The summed E-state index contributed by atoms with van der Waals surface area (Å²) in [6.45, 7) is 38.1. The molecule has 1 aromatic carbocycles. The van der Waals surface area contributed by atoms with Gasteiger partial charge in [-0.3, -0.25) is 14.6 Å². The monoisotopic (exact) mass is 815 g/mol. The number of carbonyl (C=O) groups excluding carboxylic acids is 2. The fourth-order valence-electron chi connectivity index (χ4n) is 4.67. The van der Waals surface area contributed by atoms with Crippen molar-refractivity contribution in [3.8, 4) is 0 Å².